The lowest BCUT2D eigenvalue weighted by atomic mass is 10.2. The number of benzene rings is 1. The Morgan fingerprint density at radius 1 is 1.00 bits per heavy atom. The number of nitrogens with one attached hydrogen (secondary N) is 1. The molecular formula is C17H16FN5O. The maximum atomic E-state index is 13.6. The van der Waals surface area contributed by atoms with E-state index in [2.05, 4.69) is 24.8 Å². The van der Waals surface area contributed by atoms with E-state index >= 15 is 0 Å². The number of aromatic nitrogens is 3. The van der Waals surface area contributed by atoms with Crippen LogP contribution in [0, 0.1) is 5.82 Å². The first-order valence-corrected chi connectivity index (χ1v) is 7.79. The summed E-state index contributed by atoms with van der Waals surface area (Å²) in [5.41, 5.74) is 1.63. The van der Waals surface area contributed by atoms with Gasteiger partial charge in [-0.05, 0) is 24.3 Å². The fourth-order valence-electron chi connectivity index (χ4n) is 3.04. The zero-order valence-electron chi connectivity index (χ0n) is 12.9. The average molecular weight is 325 g/mol. The van der Waals surface area contributed by atoms with E-state index in [9.17, 15) is 9.18 Å². The molecule has 0 saturated carbocycles. The number of fused-ring (bicyclic) bond motifs is 1. The summed E-state index contributed by atoms with van der Waals surface area (Å²) >= 11 is 0. The minimum absolute atomic E-state index is 0.105. The molecule has 122 valence electrons. The van der Waals surface area contributed by atoms with Crippen molar-refractivity contribution in [3.63, 3.8) is 0 Å². The number of anilines is 2. The van der Waals surface area contributed by atoms with Gasteiger partial charge in [0, 0.05) is 43.8 Å². The third-order valence-electron chi connectivity index (χ3n) is 4.29. The first kappa shape index (κ1) is 14.6. The van der Waals surface area contributed by atoms with E-state index in [1.807, 2.05) is 6.07 Å². The molecule has 0 unspecified atom stereocenters. The van der Waals surface area contributed by atoms with E-state index in [0.29, 0.717) is 0 Å². The standard InChI is InChI=1S/C17H16FN5O/c18-12-1-3-15-14(9-12)17(21-11-20-15)23-7-5-22(6-8-23)13-2-4-16(24)19-10-13/h1-4,9-11H,5-8H2,(H,19,24). The van der Waals surface area contributed by atoms with Crippen LogP contribution >= 0.6 is 0 Å². The van der Waals surface area contributed by atoms with Crippen molar-refractivity contribution in [2.45, 2.75) is 0 Å². The molecule has 0 amide bonds. The summed E-state index contributed by atoms with van der Waals surface area (Å²) < 4.78 is 13.6. The van der Waals surface area contributed by atoms with Gasteiger partial charge in [0.1, 0.15) is 18.0 Å². The molecule has 1 aliphatic heterocycles. The highest BCUT2D eigenvalue weighted by atomic mass is 19.1. The Hall–Kier alpha value is -2.96. The van der Waals surface area contributed by atoms with Crippen molar-refractivity contribution < 1.29 is 4.39 Å². The van der Waals surface area contributed by atoms with Crippen molar-refractivity contribution in [3.8, 4) is 0 Å². The predicted octanol–water partition coefficient (Wildman–Crippen LogP) is 1.78. The van der Waals surface area contributed by atoms with E-state index in [4.69, 9.17) is 0 Å². The Labute approximate surface area is 137 Å². The molecule has 7 heteroatoms. The largest absolute Gasteiger partial charge is 0.367 e. The van der Waals surface area contributed by atoms with Crippen molar-refractivity contribution in [1.82, 2.24) is 15.0 Å². The number of aromatic amines is 1. The molecule has 1 saturated heterocycles. The summed E-state index contributed by atoms with van der Waals surface area (Å²) in [6.45, 7) is 3.13. The first-order chi connectivity index (χ1) is 11.7. The maximum absolute atomic E-state index is 13.6. The van der Waals surface area contributed by atoms with E-state index in [1.165, 1.54) is 24.5 Å². The van der Waals surface area contributed by atoms with Gasteiger partial charge in [0.05, 0.1) is 11.2 Å². The third-order valence-corrected chi connectivity index (χ3v) is 4.29. The zero-order chi connectivity index (χ0) is 16.5. The quantitative estimate of drug-likeness (QED) is 0.778. The van der Waals surface area contributed by atoms with Gasteiger partial charge in [-0.15, -0.1) is 0 Å². The SMILES string of the molecule is O=c1ccc(N2CCN(c3ncnc4ccc(F)cc34)CC2)c[nH]1. The fraction of sp³-hybridized carbons (Fsp3) is 0.235. The maximum Gasteiger partial charge on any atom is 0.248 e. The molecule has 1 fully saturated rings. The number of H-pyrrole nitrogens is 1. The highest BCUT2D eigenvalue weighted by Gasteiger charge is 2.20. The second-order valence-corrected chi connectivity index (χ2v) is 5.74. The highest BCUT2D eigenvalue weighted by Crippen LogP contribution is 2.25. The van der Waals surface area contributed by atoms with E-state index in [0.717, 1.165) is 48.6 Å². The van der Waals surface area contributed by atoms with Gasteiger partial charge in [0.15, 0.2) is 0 Å². The monoisotopic (exact) mass is 325 g/mol. The van der Waals surface area contributed by atoms with Crippen molar-refractivity contribution in [2.75, 3.05) is 36.0 Å². The minimum Gasteiger partial charge on any atom is -0.367 e. The molecule has 1 N–H and O–H groups in total. The lowest BCUT2D eigenvalue weighted by Crippen LogP contribution is -2.47. The summed E-state index contributed by atoms with van der Waals surface area (Å²) in [6.07, 6.45) is 3.25. The van der Waals surface area contributed by atoms with Gasteiger partial charge >= 0.3 is 0 Å². The lowest BCUT2D eigenvalue weighted by Gasteiger charge is -2.36. The molecular weight excluding hydrogens is 309 g/mol. The van der Waals surface area contributed by atoms with Gasteiger partial charge in [-0.1, -0.05) is 0 Å². The Kier molecular flexibility index (Phi) is 3.60. The van der Waals surface area contributed by atoms with Gasteiger partial charge < -0.3 is 14.8 Å². The minimum atomic E-state index is -0.287. The first-order valence-electron chi connectivity index (χ1n) is 7.79. The molecule has 6 nitrogen and oxygen atoms in total. The van der Waals surface area contributed by atoms with Crippen molar-refractivity contribution in [2.24, 2.45) is 0 Å². The molecule has 0 aliphatic carbocycles. The van der Waals surface area contributed by atoms with Crippen LogP contribution in [-0.4, -0.2) is 41.1 Å². The molecule has 0 atom stereocenters. The topological polar surface area (TPSA) is 65.1 Å². The zero-order valence-corrected chi connectivity index (χ0v) is 12.9. The van der Waals surface area contributed by atoms with Crippen LogP contribution in [0.5, 0.6) is 0 Å². The van der Waals surface area contributed by atoms with Crippen molar-refractivity contribution in [3.05, 3.63) is 59.0 Å². The summed E-state index contributed by atoms with van der Waals surface area (Å²) in [7, 11) is 0. The normalized spacial score (nSPS) is 15.0. The van der Waals surface area contributed by atoms with Crippen LogP contribution in [0.1, 0.15) is 0 Å². The molecule has 1 aliphatic rings. The second-order valence-electron chi connectivity index (χ2n) is 5.74. The van der Waals surface area contributed by atoms with E-state index < -0.39 is 0 Å². The van der Waals surface area contributed by atoms with Gasteiger partial charge in [0.25, 0.3) is 0 Å². The Morgan fingerprint density at radius 3 is 2.54 bits per heavy atom. The molecule has 0 spiro atoms. The molecule has 1 aromatic carbocycles. The smallest absolute Gasteiger partial charge is 0.248 e. The van der Waals surface area contributed by atoms with E-state index in [1.54, 1.807) is 12.3 Å². The van der Waals surface area contributed by atoms with Gasteiger partial charge in [-0.3, -0.25) is 4.79 Å². The number of hydrogen-bond donors (Lipinski definition) is 1. The molecule has 2 aromatic heterocycles. The lowest BCUT2D eigenvalue weighted by molar-refractivity contribution is 0.628. The summed E-state index contributed by atoms with van der Waals surface area (Å²) in [5.74, 6) is 0.478. The van der Waals surface area contributed by atoms with Crippen LogP contribution in [0.2, 0.25) is 0 Å². The van der Waals surface area contributed by atoms with Crippen molar-refractivity contribution in [1.29, 1.82) is 0 Å². The molecule has 4 rings (SSSR count). The predicted molar refractivity (Wildman–Crippen MR) is 91.0 cm³/mol. The third kappa shape index (κ3) is 2.68. The number of pyridine rings is 1. The number of piperazine rings is 1. The average Bonchev–Trinajstić information content (AvgIpc) is 2.62. The second kappa shape index (κ2) is 5.92. The fourth-order valence-corrected chi connectivity index (χ4v) is 3.04. The number of nitrogens with zero attached hydrogens (tertiary/aromatic N) is 4. The van der Waals surface area contributed by atoms with Gasteiger partial charge in [-0.25, -0.2) is 14.4 Å². The van der Waals surface area contributed by atoms with Crippen LogP contribution in [0.4, 0.5) is 15.9 Å². The van der Waals surface area contributed by atoms with Crippen molar-refractivity contribution >= 4 is 22.4 Å². The van der Waals surface area contributed by atoms with Crippen LogP contribution in [0.3, 0.4) is 0 Å². The molecule has 0 radical (unpaired) electrons. The summed E-state index contributed by atoms with van der Waals surface area (Å²) in [6, 6.07) is 7.92. The Bertz CT molecular complexity index is 913. The van der Waals surface area contributed by atoms with Gasteiger partial charge in [0.2, 0.25) is 5.56 Å². The molecule has 3 heterocycles. The Balaban J connectivity index is 1.57. The number of hydrogen-bond acceptors (Lipinski definition) is 5. The van der Waals surface area contributed by atoms with Crippen LogP contribution in [0.15, 0.2) is 47.7 Å². The molecule has 24 heavy (non-hydrogen) atoms. The van der Waals surface area contributed by atoms with Crippen LogP contribution < -0.4 is 15.4 Å². The van der Waals surface area contributed by atoms with Crippen LogP contribution in [-0.2, 0) is 0 Å². The molecule has 3 aromatic rings. The van der Waals surface area contributed by atoms with Gasteiger partial charge in [-0.2, -0.15) is 0 Å². The summed E-state index contributed by atoms with van der Waals surface area (Å²) in [4.78, 5) is 26.8. The van der Waals surface area contributed by atoms with E-state index in [-0.39, 0.29) is 11.4 Å². The molecule has 0 bridgehead atoms. The Morgan fingerprint density at radius 2 is 1.79 bits per heavy atom. The summed E-state index contributed by atoms with van der Waals surface area (Å²) in [5, 5.41) is 0.731. The number of halogens is 1. The number of rotatable bonds is 2. The van der Waals surface area contributed by atoms with Crippen LogP contribution in [0.25, 0.3) is 10.9 Å². The highest BCUT2D eigenvalue weighted by molar-refractivity contribution is 5.89.